The Balaban J connectivity index is 1.56. The molecule has 1 amide bonds. The number of carbonyl (C=O) groups excluding carboxylic acids is 1. The number of carbonyl (C=O) groups is 1. The maximum absolute atomic E-state index is 11.1. The number of nitrogens with zero attached hydrogens (tertiary/aromatic N) is 4. The van der Waals surface area contributed by atoms with Crippen LogP contribution in [0.3, 0.4) is 0 Å². The van der Waals surface area contributed by atoms with Crippen molar-refractivity contribution in [2.45, 2.75) is 30.9 Å². The van der Waals surface area contributed by atoms with Crippen molar-refractivity contribution in [2.24, 2.45) is 7.05 Å². The SMILES string of the molecule is CC(=O)Nc1ccc(CN(C)Cc2nnc(SCc3ccccc3Cl)n2C)cc1. The third kappa shape index (κ3) is 6.06. The van der Waals surface area contributed by atoms with Crippen molar-refractivity contribution in [1.29, 1.82) is 0 Å². The van der Waals surface area contributed by atoms with Crippen LogP contribution in [0, 0.1) is 0 Å². The summed E-state index contributed by atoms with van der Waals surface area (Å²) >= 11 is 7.86. The van der Waals surface area contributed by atoms with E-state index >= 15 is 0 Å². The van der Waals surface area contributed by atoms with E-state index in [1.807, 2.05) is 67.2 Å². The number of halogens is 1. The molecule has 0 aliphatic carbocycles. The fourth-order valence-corrected chi connectivity index (χ4v) is 4.09. The Kier molecular flexibility index (Phi) is 7.30. The van der Waals surface area contributed by atoms with Gasteiger partial charge in [-0.1, -0.05) is 53.7 Å². The molecule has 6 nitrogen and oxygen atoms in total. The molecule has 1 heterocycles. The Morgan fingerprint density at radius 3 is 2.55 bits per heavy atom. The summed E-state index contributed by atoms with van der Waals surface area (Å²) in [6, 6.07) is 15.7. The van der Waals surface area contributed by atoms with Crippen molar-refractivity contribution < 1.29 is 4.79 Å². The lowest BCUT2D eigenvalue weighted by atomic mass is 10.2. The molecular weight excluding hydrogens is 406 g/mol. The molecule has 0 saturated heterocycles. The van der Waals surface area contributed by atoms with Gasteiger partial charge >= 0.3 is 0 Å². The number of hydrogen-bond acceptors (Lipinski definition) is 5. The van der Waals surface area contributed by atoms with Gasteiger partial charge in [0.25, 0.3) is 0 Å². The van der Waals surface area contributed by atoms with Gasteiger partial charge < -0.3 is 9.88 Å². The number of rotatable bonds is 8. The first kappa shape index (κ1) is 21.4. The van der Waals surface area contributed by atoms with Gasteiger partial charge in [0.15, 0.2) is 5.16 Å². The third-order valence-electron chi connectivity index (χ3n) is 4.38. The van der Waals surface area contributed by atoms with Crippen LogP contribution in [0.2, 0.25) is 5.02 Å². The predicted molar refractivity (Wildman–Crippen MR) is 118 cm³/mol. The zero-order valence-electron chi connectivity index (χ0n) is 16.7. The lowest BCUT2D eigenvalue weighted by molar-refractivity contribution is -0.114. The van der Waals surface area contributed by atoms with Crippen LogP contribution in [-0.2, 0) is 30.7 Å². The first-order valence-corrected chi connectivity index (χ1v) is 10.6. The van der Waals surface area contributed by atoms with Gasteiger partial charge in [-0.05, 0) is 36.4 Å². The van der Waals surface area contributed by atoms with E-state index in [1.54, 1.807) is 11.8 Å². The van der Waals surface area contributed by atoms with Gasteiger partial charge in [-0.25, -0.2) is 0 Å². The summed E-state index contributed by atoms with van der Waals surface area (Å²) in [6.45, 7) is 2.96. The third-order valence-corrected chi connectivity index (χ3v) is 5.82. The van der Waals surface area contributed by atoms with Crippen molar-refractivity contribution >= 4 is 35.0 Å². The molecular formula is C21H24ClN5OS. The molecule has 29 heavy (non-hydrogen) atoms. The van der Waals surface area contributed by atoms with Gasteiger partial charge in [-0.3, -0.25) is 9.69 Å². The standard InChI is InChI=1S/C21H24ClN5OS/c1-15(28)23-18-10-8-16(9-11-18)12-26(2)13-20-24-25-21(27(20)3)29-14-17-6-4-5-7-19(17)22/h4-11H,12-14H2,1-3H3,(H,23,28). The molecule has 152 valence electrons. The van der Waals surface area contributed by atoms with Crippen molar-refractivity contribution in [2.75, 3.05) is 12.4 Å². The zero-order valence-corrected chi connectivity index (χ0v) is 18.3. The molecule has 0 saturated carbocycles. The van der Waals surface area contributed by atoms with E-state index in [9.17, 15) is 4.79 Å². The topological polar surface area (TPSA) is 63.1 Å². The minimum atomic E-state index is -0.0691. The van der Waals surface area contributed by atoms with Crippen LogP contribution in [0.1, 0.15) is 23.9 Å². The van der Waals surface area contributed by atoms with Crippen LogP contribution in [0.15, 0.2) is 53.7 Å². The quantitative estimate of drug-likeness (QED) is 0.539. The van der Waals surface area contributed by atoms with Crippen LogP contribution in [-0.4, -0.2) is 32.6 Å². The summed E-state index contributed by atoms with van der Waals surface area (Å²) in [5.41, 5.74) is 3.05. The second-order valence-corrected chi connectivity index (χ2v) is 8.24. The fourth-order valence-electron chi connectivity index (χ4n) is 2.87. The molecule has 0 spiro atoms. The average molecular weight is 430 g/mol. The van der Waals surface area contributed by atoms with Crippen LogP contribution in [0.5, 0.6) is 0 Å². The molecule has 1 N–H and O–H groups in total. The van der Waals surface area contributed by atoms with E-state index in [2.05, 4.69) is 20.4 Å². The Labute approximate surface area is 180 Å². The maximum Gasteiger partial charge on any atom is 0.221 e. The minimum Gasteiger partial charge on any atom is -0.326 e. The molecule has 0 fully saturated rings. The van der Waals surface area contributed by atoms with E-state index in [-0.39, 0.29) is 5.91 Å². The molecule has 0 atom stereocenters. The Morgan fingerprint density at radius 2 is 1.86 bits per heavy atom. The first-order chi connectivity index (χ1) is 13.9. The molecule has 0 aliphatic rings. The predicted octanol–water partition coefficient (Wildman–Crippen LogP) is 4.35. The number of nitrogens with one attached hydrogen (secondary N) is 1. The van der Waals surface area contributed by atoms with Gasteiger partial charge in [-0.2, -0.15) is 0 Å². The average Bonchev–Trinajstić information content (AvgIpc) is 3.02. The minimum absolute atomic E-state index is 0.0691. The van der Waals surface area contributed by atoms with Gasteiger partial charge in [0.2, 0.25) is 5.91 Å². The normalized spacial score (nSPS) is 11.1. The van der Waals surface area contributed by atoms with Gasteiger partial charge in [-0.15, -0.1) is 10.2 Å². The van der Waals surface area contributed by atoms with E-state index in [1.165, 1.54) is 6.92 Å². The largest absolute Gasteiger partial charge is 0.326 e. The smallest absolute Gasteiger partial charge is 0.221 e. The molecule has 3 aromatic rings. The highest BCUT2D eigenvalue weighted by atomic mass is 35.5. The lowest BCUT2D eigenvalue weighted by Gasteiger charge is -2.16. The zero-order chi connectivity index (χ0) is 20.8. The molecule has 3 rings (SSSR count). The second-order valence-electron chi connectivity index (χ2n) is 6.89. The van der Waals surface area contributed by atoms with Crippen LogP contribution in [0.25, 0.3) is 0 Å². The highest BCUT2D eigenvalue weighted by Crippen LogP contribution is 2.25. The molecule has 0 radical (unpaired) electrons. The van der Waals surface area contributed by atoms with Crippen molar-refractivity contribution in [3.63, 3.8) is 0 Å². The van der Waals surface area contributed by atoms with E-state index in [0.29, 0.717) is 6.54 Å². The summed E-state index contributed by atoms with van der Waals surface area (Å²) in [4.78, 5) is 13.3. The van der Waals surface area contributed by atoms with Gasteiger partial charge in [0, 0.05) is 37.0 Å². The van der Waals surface area contributed by atoms with Crippen LogP contribution in [0.4, 0.5) is 5.69 Å². The summed E-state index contributed by atoms with van der Waals surface area (Å²) in [6.07, 6.45) is 0. The number of benzene rings is 2. The number of thioether (sulfide) groups is 1. The van der Waals surface area contributed by atoms with E-state index in [0.717, 1.165) is 45.1 Å². The number of amides is 1. The van der Waals surface area contributed by atoms with Crippen molar-refractivity contribution in [1.82, 2.24) is 19.7 Å². The fraction of sp³-hybridized carbons (Fsp3) is 0.286. The van der Waals surface area contributed by atoms with Crippen LogP contribution < -0.4 is 5.32 Å². The molecule has 0 unspecified atom stereocenters. The Bertz CT molecular complexity index is 973. The highest BCUT2D eigenvalue weighted by molar-refractivity contribution is 7.98. The van der Waals surface area contributed by atoms with Gasteiger partial charge in [0.05, 0.1) is 6.54 Å². The maximum atomic E-state index is 11.1. The first-order valence-electron chi connectivity index (χ1n) is 9.22. The van der Waals surface area contributed by atoms with Crippen LogP contribution >= 0.6 is 23.4 Å². The molecule has 0 bridgehead atoms. The second kappa shape index (κ2) is 9.91. The molecule has 8 heteroatoms. The number of hydrogen-bond donors (Lipinski definition) is 1. The van der Waals surface area contributed by atoms with Gasteiger partial charge in [0.1, 0.15) is 5.82 Å². The number of anilines is 1. The Hall–Kier alpha value is -2.35. The lowest BCUT2D eigenvalue weighted by Crippen LogP contribution is -2.19. The monoisotopic (exact) mass is 429 g/mol. The summed E-state index contributed by atoms with van der Waals surface area (Å²) in [7, 11) is 4.04. The molecule has 2 aromatic carbocycles. The van der Waals surface area contributed by atoms with E-state index in [4.69, 9.17) is 11.6 Å². The Morgan fingerprint density at radius 1 is 1.14 bits per heavy atom. The summed E-state index contributed by atoms with van der Waals surface area (Å²) in [5.74, 6) is 1.59. The molecule has 1 aromatic heterocycles. The van der Waals surface area contributed by atoms with Crippen molar-refractivity contribution in [3.05, 3.63) is 70.5 Å². The molecule has 0 aliphatic heterocycles. The highest BCUT2D eigenvalue weighted by Gasteiger charge is 2.12. The summed E-state index contributed by atoms with van der Waals surface area (Å²) in [5, 5.41) is 13.1. The van der Waals surface area contributed by atoms with E-state index < -0.39 is 0 Å². The van der Waals surface area contributed by atoms with Crippen molar-refractivity contribution in [3.8, 4) is 0 Å². The number of aromatic nitrogens is 3. The summed E-state index contributed by atoms with van der Waals surface area (Å²) < 4.78 is 2.03.